The van der Waals surface area contributed by atoms with E-state index >= 15 is 0 Å². The van der Waals surface area contributed by atoms with Crippen LogP contribution in [0.15, 0.2) is 40.3 Å². The Morgan fingerprint density at radius 2 is 2.13 bits per heavy atom. The molecule has 0 aliphatic carbocycles. The van der Waals surface area contributed by atoms with Gasteiger partial charge in [-0.05, 0) is 12.1 Å². The van der Waals surface area contributed by atoms with Crippen molar-refractivity contribution >= 4 is 17.7 Å². The van der Waals surface area contributed by atoms with Gasteiger partial charge in [-0.2, -0.15) is 4.99 Å². The van der Waals surface area contributed by atoms with E-state index in [1.807, 2.05) is 30.3 Å². The zero-order chi connectivity index (χ0) is 10.9. The van der Waals surface area contributed by atoms with Gasteiger partial charge in [-0.25, -0.2) is 4.99 Å². The lowest BCUT2D eigenvalue weighted by Crippen LogP contribution is -2.01. The second-order valence-corrected chi connectivity index (χ2v) is 2.76. The highest BCUT2D eigenvalue weighted by Gasteiger charge is 1.95. The quantitative estimate of drug-likeness (QED) is 0.556. The van der Waals surface area contributed by atoms with Crippen molar-refractivity contribution in [2.45, 2.75) is 6.42 Å². The second kappa shape index (κ2) is 6.51. The highest BCUT2D eigenvalue weighted by atomic mass is 16.5. The van der Waals surface area contributed by atoms with Gasteiger partial charge in [-0.3, -0.25) is 4.79 Å². The van der Waals surface area contributed by atoms with E-state index < -0.39 is 0 Å². The number of carbonyl (C=O) groups is 1. The molecule has 4 heteroatoms. The van der Waals surface area contributed by atoms with Gasteiger partial charge in [0.05, 0.1) is 31.8 Å². The maximum atomic E-state index is 10.7. The lowest BCUT2D eigenvalue weighted by molar-refractivity contribution is -0.140. The summed E-state index contributed by atoms with van der Waals surface area (Å²) in [6.07, 6.45) is 0.258. The molecule has 0 aliphatic rings. The molecule has 0 amide bonds. The van der Waals surface area contributed by atoms with E-state index in [9.17, 15) is 4.79 Å². The summed E-state index contributed by atoms with van der Waals surface area (Å²) in [4.78, 5) is 18.5. The van der Waals surface area contributed by atoms with Gasteiger partial charge in [0.1, 0.15) is 0 Å². The fourth-order valence-electron chi connectivity index (χ4n) is 0.895. The molecule has 4 nitrogen and oxygen atoms in total. The third kappa shape index (κ3) is 4.74. The molecule has 0 atom stereocenters. The first-order chi connectivity index (χ1) is 7.33. The fourth-order valence-corrected chi connectivity index (χ4v) is 0.895. The molecule has 1 rings (SSSR count). The molecule has 0 aromatic heterocycles. The van der Waals surface area contributed by atoms with Gasteiger partial charge >= 0.3 is 5.97 Å². The van der Waals surface area contributed by atoms with Crippen molar-refractivity contribution in [2.24, 2.45) is 9.98 Å². The van der Waals surface area contributed by atoms with E-state index in [1.165, 1.54) is 7.11 Å². The summed E-state index contributed by atoms with van der Waals surface area (Å²) in [5, 5.41) is 0. The molecule has 15 heavy (non-hydrogen) atoms. The summed E-state index contributed by atoms with van der Waals surface area (Å²) in [7, 11) is 1.35. The van der Waals surface area contributed by atoms with Gasteiger partial charge in [0.2, 0.25) is 0 Å². The van der Waals surface area contributed by atoms with Crippen LogP contribution in [0.4, 0.5) is 5.69 Å². The van der Waals surface area contributed by atoms with Crippen molar-refractivity contribution in [3.8, 4) is 0 Å². The van der Waals surface area contributed by atoms with E-state index in [0.717, 1.165) is 5.69 Å². The Bertz CT molecular complexity index is 367. The Morgan fingerprint density at radius 3 is 2.80 bits per heavy atom. The highest BCUT2D eigenvalue weighted by Crippen LogP contribution is 2.07. The van der Waals surface area contributed by atoms with Gasteiger partial charge in [-0.1, -0.05) is 18.2 Å². The fraction of sp³-hybridized carbons (Fsp3) is 0.273. The van der Waals surface area contributed by atoms with Crippen LogP contribution in [-0.4, -0.2) is 25.6 Å². The van der Waals surface area contributed by atoms with Crippen molar-refractivity contribution in [2.75, 3.05) is 13.7 Å². The zero-order valence-electron chi connectivity index (χ0n) is 8.51. The van der Waals surface area contributed by atoms with Gasteiger partial charge in [0.15, 0.2) is 0 Å². The third-order valence-electron chi connectivity index (χ3n) is 1.66. The lowest BCUT2D eigenvalue weighted by atomic mass is 10.3. The highest BCUT2D eigenvalue weighted by molar-refractivity contribution is 5.69. The minimum atomic E-state index is -0.278. The number of benzene rings is 1. The summed E-state index contributed by atoms with van der Waals surface area (Å²) >= 11 is 0. The number of aliphatic imine (C=N–C) groups is 2. The molecule has 0 aliphatic heterocycles. The molecule has 1 aromatic rings. The maximum Gasteiger partial charge on any atom is 0.307 e. The van der Waals surface area contributed by atoms with Gasteiger partial charge in [0.25, 0.3) is 0 Å². The molecule has 0 spiro atoms. The van der Waals surface area contributed by atoms with E-state index in [-0.39, 0.29) is 12.4 Å². The topological polar surface area (TPSA) is 51.0 Å². The Labute approximate surface area is 88.3 Å². The third-order valence-corrected chi connectivity index (χ3v) is 1.66. The first-order valence-electron chi connectivity index (χ1n) is 4.57. The second-order valence-electron chi connectivity index (χ2n) is 2.76. The van der Waals surface area contributed by atoms with Crippen molar-refractivity contribution in [1.82, 2.24) is 0 Å². The van der Waals surface area contributed by atoms with E-state index in [1.54, 1.807) is 0 Å². The minimum absolute atomic E-state index is 0.258. The Morgan fingerprint density at radius 1 is 1.40 bits per heavy atom. The molecule has 0 bridgehead atoms. The number of nitrogens with zero attached hydrogens (tertiary/aromatic N) is 2. The molecule has 78 valence electrons. The summed E-state index contributed by atoms with van der Waals surface area (Å²) in [6, 6.07) is 11.9. The Kier molecular flexibility index (Phi) is 4.84. The van der Waals surface area contributed by atoms with Crippen LogP contribution in [0, 0.1) is 0 Å². The molecular weight excluding hydrogens is 192 g/mol. The van der Waals surface area contributed by atoms with Crippen molar-refractivity contribution in [3.63, 3.8) is 0 Å². The van der Waals surface area contributed by atoms with Crippen LogP contribution in [0.1, 0.15) is 6.42 Å². The summed E-state index contributed by atoms with van der Waals surface area (Å²) in [5.74, 6) is -0.278. The van der Waals surface area contributed by atoms with Gasteiger partial charge in [-0.15, -0.1) is 0 Å². The van der Waals surface area contributed by atoms with Gasteiger partial charge < -0.3 is 4.74 Å². The van der Waals surface area contributed by atoms with Crippen molar-refractivity contribution in [3.05, 3.63) is 30.3 Å². The molecular formula is C11H12N2O2. The van der Waals surface area contributed by atoms with Crippen LogP contribution < -0.4 is 0 Å². The number of carbonyl (C=O) groups excluding carboxylic acids is 1. The monoisotopic (exact) mass is 204 g/mol. The Hall–Kier alpha value is -1.93. The first kappa shape index (κ1) is 11.1. The van der Waals surface area contributed by atoms with Crippen LogP contribution in [0.2, 0.25) is 0 Å². The van der Waals surface area contributed by atoms with Gasteiger partial charge in [0, 0.05) is 0 Å². The normalized spacial score (nSPS) is 8.87. The molecule has 0 fully saturated rings. The summed E-state index contributed by atoms with van der Waals surface area (Å²) in [6.45, 7) is 0.350. The van der Waals surface area contributed by atoms with E-state index in [2.05, 4.69) is 20.7 Å². The predicted molar refractivity (Wildman–Crippen MR) is 57.5 cm³/mol. The number of ether oxygens (including phenoxy) is 1. The molecule has 0 heterocycles. The minimum Gasteiger partial charge on any atom is -0.469 e. The van der Waals surface area contributed by atoms with Crippen LogP contribution in [0.5, 0.6) is 0 Å². The summed E-state index contributed by atoms with van der Waals surface area (Å²) in [5.41, 5.74) is 0.791. The lowest BCUT2D eigenvalue weighted by Gasteiger charge is -1.92. The summed E-state index contributed by atoms with van der Waals surface area (Å²) < 4.78 is 4.46. The van der Waals surface area contributed by atoms with Crippen LogP contribution in [0.25, 0.3) is 0 Å². The standard InChI is InChI=1S/C11H12N2O2/c1-15-11(14)7-8-12-9-13-10-5-3-2-4-6-10/h2-6H,7-8H2,1H3. The number of para-hydroxylation sites is 1. The van der Waals surface area contributed by atoms with Crippen LogP contribution in [-0.2, 0) is 9.53 Å². The first-order valence-corrected chi connectivity index (χ1v) is 4.57. The largest absolute Gasteiger partial charge is 0.469 e. The van der Waals surface area contributed by atoms with E-state index in [4.69, 9.17) is 0 Å². The average molecular weight is 204 g/mol. The van der Waals surface area contributed by atoms with Crippen molar-refractivity contribution in [1.29, 1.82) is 0 Å². The maximum absolute atomic E-state index is 10.7. The molecule has 0 saturated heterocycles. The smallest absolute Gasteiger partial charge is 0.307 e. The molecule has 0 radical (unpaired) electrons. The van der Waals surface area contributed by atoms with Crippen molar-refractivity contribution < 1.29 is 9.53 Å². The molecule has 1 aromatic carbocycles. The molecule has 0 saturated carbocycles. The Balaban J connectivity index is 2.38. The number of rotatable bonds is 4. The number of methoxy groups -OCH3 is 1. The number of hydrogen-bond acceptors (Lipinski definition) is 4. The number of hydrogen-bond donors (Lipinski definition) is 0. The average Bonchev–Trinajstić information content (AvgIpc) is 2.29. The SMILES string of the molecule is COC(=O)CCN=C=Nc1ccccc1. The predicted octanol–water partition coefficient (Wildman–Crippen LogP) is 2.06. The zero-order valence-corrected chi connectivity index (χ0v) is 8.51. The molecule has 0 N–H and O–H groups in total. The van der Waals surface area contributed by atoms with Crippen LogP contribution >= 0.6 is 0 Å². The van der Waals surface area contributed by atoms with Crippen LogP contribution in [0.3, 0.4) is 0 Å². The number of esters is 1. The van der Waals surface area contributed by atoms with E-state index in [0.29, 0.717) is 6.54 Å². The molecule has 0 unspecified atom stereocenters.